The first kappa shape index (κ1) is 21.4. The van der Waals surface area contributed by atoms with E-state index < -0.39 is 12.4 Å². The quantitative estimate of drug-likeness (QED) is 0.725. The summed E-state index contributed by atoms with van der Waals surface area (Å²) in [5, 5.41) is 2.83. The van der Waals surface area contributed by atoms with Gasteiger partial charge in [0.2, 0.25) is 5.91 Å². The second-order valence-electron chi connectivity index (χ2n) is 6.80. The molecule has 0 radical (unpaired) electrons. The zero-order chi connectivity index (χ0) is 21.5. The minimum Gasteiger partial charge on any atom is -0.434 e. The number of ether oxygens (including phenoxy) is 1. The van der Waals surface area contributed by atoms with Gasteiger partial charge in [-0.05, 0) is 37.1 Å². The number of carbonyl (C=O) groups excluding carboxylic acids is 2. The molecule has 0 saturated carbocycles. The molecular formula is C22H21F3N2O3. The van der Waals surface area contributed by atoms with Gasteiger partial charge in [-0.3, -0.25) is 9.59 Å². The van der Waals surface area contributed by atoms with E-state index in [-0.39, 0.29) is 29.2 Å². The zero-order valence-electron chi connectivity index (χ0n) is 16.1. The van der Waals surface area contributed by atoms with E-state index in [0.29, 0.717) is 31.5 Å². The number of hydrogen-bond acceptors (Lipinski definition) is 3. The van der Waals surface area contributed by atoms with Crippen molar-refractivity contribution in [3.05, 3.63) is 71.6 Å². The fraction of sp³-hybridized carbons (Fsp3) is 0.273. The van der Waals surface area contributed by atoms with Gasteiger partial charge in [-0.1, -0.05) is 30.3 Å². The summed E-state index contributed by atoms with van der Waals surface area (Å²) in [7, 11) is 0. The highest BCUT2D eigenvalue weighted by Gasteiger charge is 2.25. The molecule has 5 nitrogen and oxygen atoms in total. The number of amides is 2. The predicted molar refractivity (Wildman–Crippen MR) is 106 cm³/mol. The van der Waals surface area contributed by atoms with E-state index in [2.05, 4.69) is 10.1 Å². The number of rotatable bonds is 6. The summed E-state index contributed by atoms with van der Waals surface area (Å²) >= 11 is 0. The minimum absolute atomic E-state index is 0.0171. The summed E-state index contributed by atoms with van der Waals surface area (Å²) in [6, 6.07) is 11.9. The molecule has 0 aliphatic carbocycles. The third-order valence-electron chi connectivity index (χ3n) is 4.78. The molecule has 2 aromatic rings. The van der Waals surface area contributed by atoms with E-state index in [1.807, 2.05) is 0 Å². The molecule has 2 aromatic carbocycles. The van der Waals surface area contributed by atoms with Crippen LogP contribution in [0.1, 0.15) is 28.8 Å². The lowest BCUT2D eigenvalue weighted by atomic mass is 10.0. The summed E-state index contributed by atoms with van der Waals surface area (Å²) in [5.41, 5.74) is 0.394. The normalized spacial score (nSPS) is 14.9. The lowest BCUT2D eigenvalue weighted by molar-refractivity contribution is -0.117. The van der Waals surface area contributed by atoms with Gasteiger partial charge in [0.25, 0.3) is 5.91 Å². The summed E-state index contributed by atoms with van der Waals surface area (Å²) in [5.74, 6) is -1.31. The molecule has 1 fully saturated rings. The van der Waals surface area contributed by atoms with Crippen LogP contribution >= 0.6 is 0 Å². The minimum atomic E-state index is -2.95. The highest BCUT2D eigenvalue weighted by molar-refractivity contribution is 5.94. The number of alkyl halides is 2. The first-order valence-corrected chi connectivity index (χ1v) is 9.50. The zero-order valence-corrected chi connectivity index (χ0v) is 16.1. The molecule has 3 rings (SSSR count). The van der Waals surface area contributed by atoms with Gasteiger partial charge in [0, 0.05) is 30.8 Å². The fourth-order valence-corrected chi connectivity index (χ4v) is 3.27. The molecule has 1 N–H and O–H groups in total. The molecule has 1 saturated heterocycles. The van der Waals surface area contributed by atoms with Crippen molar-refractivity contribution in [3.8, 4) is 5.75 Å². The summed E-state index contributed by atoms with van der Waals surface area (Å²) in [6.07, 6.45) is 3.73. The van der Waals surface area contributed by atoms with Gasteiger partial charge >= 0.3 is 6.61 Å². The highest BCUT2D eigenvalue weighted by atomic mass is 19.3. The molecule has 8 heteroatoms. The number of piperidine rings is 1. The SMILES string of the molecule is O=C(/C=C/c1ccccc1OC(F)F)NC1CCN(C(=O)c2ccccc2F)CC1. The van der Waals surface area contributed by atoms with E-state index in [9.17, 15) is 22.8 Å². The Morgan fingerprint density at radius 3 is 2.43 bits per heavy atom. The largest absolute Gasteiger partial charge is 0.434 e. The van der Waals surface area contributed by atoms with Crippen LogP contribution in [0.5, 0.6) is 5.75 Å². The van der Waals surface area contributed by atoms with Gasteiger partial charge in [-0.25, -0.2) is 4.39 Å². The highest BCUT2D eigenvalue weighted by Crippen LogP contribution is 2.21. The summed E-state index contributed by atoms with van der Waals surface area (Å²) in [4.78, 5) is 26.2. The van der Waals surface area contributed by atoms with E-state index >= 15 is 0 Å². The van der Waals surface area contributed by atoms with Crippen LogP contribution in [-0.2, 0) is 4.79 Å². The van der Waals surface area contributed by atoms with Crippen LogP contribution in [0.25, 0.3) is 6.08 Å². The molecule has 158 valence electrons. The number of nitrogens with zero attached hydrogens (tertiary/aromatic N) is 1. The van der Waals surface area contributed by atoms with Crippen molar-refractivity contribution in [3.63, 3.8) is 0 Å². The van der Waals surface area contributed by atoms with E-state index in [0.717, 1.165) is 0 Å². The Morgan fingerprint density at radius 1 is 1.07 bits per heavy atom. The lowest BCUT2D eigenvalue weighted by Crippen LogP contribution is -2.46. The van der Waals surface area contributed by atoms with Crippen molar-refractivity contribution >= 4 is 17.9 Å². The molecule has 0 spiro atoms. The van der Waals surface area contributed by atoms with Crippen molar-refractivity contribution < 1.29 is 27.5 Å². The van der Waals surface area contributed by atoms with Gasteiger partial charge < -0.3 is 15.0 Å². The molecule has 30 heavy (non-hydrogen) atoms. The molecule has 0 aromatic heterocycles. The first-order chi connectivity index (χ1) is 14.4. The molecule has 1 aliphatic heterocycles. The van der Waals surface area contributed by atoms with Crippen LogP contribution in [-0.4, -0.2) is 42.5 Å². The van der Waals surface area contributed by atoms with Crippen molar-refractivity contribution in [1.29, 1.82) is 0 Å². The van der Waals surface area contributed by atoms with E-state index in [1.54, 1.807) is 29.2 Å². The Labute approximate surface area is 172 Å². The van der Waals surface area contributed by atoms with Crippen molar-refractivity contribution in [1.82, 2.24) is 10.2 Å². The second-order valence-corrected chi connectivity index (χ2v) is 6.80. The van der Waals surface area contributed by atoms with Crippen molar-refractivity contribution in [2.45, 2.75) is 25.5 Å². The Bertz CT molecular complexity index is 925. The lowest BCUT2D eigenvalue weighted by Gasteiger charge is -2.32. The smallest absolute Gasteiger partial charge is 0.387 e. The average molecular weight is 418 g/mol. The number of halogens is 3. The summed E-state index contributed by atoms with van der Waals surface area (Å²) in [6.45, 7) is -2.16. The van der Waals surface area contributed by atoms with Crippen LogP contribution in [0.15, 0.2) is 54.6 Å². The van der Waals surface area contributed by atoms with Gasteiger partial charge in [0.1, 0.15) is 11.6 Å². The van der Waals surface area contributed by atoms with Gasteiger partial charge in [0.15, 0.2) is 0 Å². The molecule has 1 heterocycles. The maximum absolute atomic E-state index is 13.8. The maximum Gasteiger partial charge on any atom is 0.387 e. The molecule has 0 unspecified atom stereocenters. The number of benzene rings is 2. The Morgan fingerprint density at radius 2 is 1.73 bits per heavy atom. The standard InChI is InChI=1S/C22H21F3N2O3/c23-18-7-3-2-6-17(18)21(29)27-13-11-16(12-14-27)26-20(28)10-9-15-5-1-4-8-19(15)30-22(24)25/h1-10,16,22H,11-14H2,(H,26,28)/b10-9+. The molecule has 0 atom stereocenters. The van der Waals surface area contributed by atoms with Crippen molar-refractivity contribution in [2.75, 3.05) is 13.1 Å². The van der Waals surface area contributed by atoms with Crippen LogP contribution < -0.4 is 10.1 Å². The number of carbonyl (C=O) groups is 2. The van der Waals surface area contributed by atoms with E-state index in [4.69, 9.17) is 0 Å². The Hall–Kier alpha value is -3.29. The first-order valence-electron chi connectivity index (χ1n) is 9.50. The van der Waals surface area contributed by atoms with Gasteiger partial charge in [-0.2, -0.15) is 8.78 Å². The average Bonchev–Trinajstić information content (AvgIpc) is 2.73. The maximum atomic E-state index is 13.8. The fourth-order valence-electron chi connectivity index (χ4n) is 3.27. The molecular weight excluding hydrogens is 397 g/mol. The number of nitrogens with one attached hydrogen (secondary N) is 1. The summed E-state index contributed by atoms with van der Waals surface area (Å²) < 4.78 is 43.1. The Kier molecular flexibility index (Phi) is 7.11. The predicted octanol–water partition coefficient (Wildman–Crippen LogP) is 3.86. The number of para-hydroxylation sites is 1. The number of likely N-dealkylation sites (tertiary alicyclic amines) is 1. The van der Waals surface area contributed by atoms with Crippen LogP contribution in [0.3, 0.4) is 0 Å². The van der Waals surface area contributed by atoms with Gasteiger partial charge in [-0.15, -0.1) is 0 Å². The van der Waals surface area contributed by atoms with E-state index in [1.165, 1.54) is 36.4 Å². The van der Waals surface area contributed by atoms with Crippen molar-refractivity contribution in [2.24, 2.45) is 0 Å². The third kappa shape index (κ3) is 5.62. The van der Waals surface area contributed by atoms with Crippen LogP contribution in [0, 0.1) is 5.82 Å². The van der Waals surface area contributed by atoms with Gasteiger partial charge in [0.05, 0.1) is 5.56 Å². The third-order valence-corrected chi connectivity index (χ3v) is 4.78. The molecule has 2 amide bonds. The second kappa shape index (κ2) is 9.96. The topological polar surface area (TPSA) is 58.6 Å². The van der Waals surface area contributed by atoms with Crippen LogP contribution in [0.4, 0.5) is 13.2 Å². The number of hydrogen-bond donors (Lipinski definition) is 1. The Balaban J connectivity index is 1.52. The van der Waals surface area contributed by atoms with Crippen LogP contribution in [0.2, 0.25) is 0 Å². The monoisotopic (exact) mass is 418 g/mol. The molecule has 1 aliphatic rings. The molecule has 0 bridgehead atoms.